The maximum absolute atomic E-state index is 5.66. The fraction of sp³-hybridized carbons (Fsp3) is 1.00. The van der Waals surface area contributed by atoms with Crippen molar-refractivity contribution >= 4 is 43.6 Å². The van der Waals surface area contributed by atoms with Crippen molar-refractivity contribution in [2.24, 2.45) is 0 Å². The minimum Gasteiger partial charge on any atom is -0.359 e. The molecule has 0 unspecified atom stereocenters. The molecule has 0 bridgehead atoms. The summed E-state index contributed by atoms with van der Waals surface area (Å²) in [5, 5.41) is 0. The number of alkyl halides is 3. The van der Waals surface area contributed by atoms with E-state index >= 15 is 0 Å². The van der Waals surface area contributed by atoms with Crippen molar-refractivity contribution in [2.45, 2.75) is 77.2 Å². The minimum absolute atomic E-state index is 0.0394. The van der Waals surface area contributed by atoms with Crippen molar-refractivity contribution in [2.75, 3.05) is 18.2 Å². The van der Waals surface area contributed by atoms with Crippen LogP contribution in [0.15, 0.2) is 0 Å². The third kappa shape index (κ3) is 12.4. The van der Waals surface area contributed by atoms with E-state index in [1.807, 2.05) is 0 Å². The van der Waals surface area contributed by atoms with Crippen molar-refractivity contribution in [3.8, 4) is 0 Å². The predicted octanol–water partition coefficient (Wildman–Crippen LogP) is 6.48. The molecule has 0 aliphatic heterocycles. The monoisotopic (exact) mass is 392 g/mol. The number of rotatable bonds is 17. The number of hydrogen-bond donors (Lipinski definition) is 0. The fourth-order valence-electron chi connectivity index (χ4n) is 2.42. The van der Waals surface area contributed by atoms with Crippen LogP contribution < -0.4 is 0 Å². The summed E-state index contributed by atoms with van der Waals surface area (Å²) in [5.74, 6) is 0. The van der Waals surface area contributed by atoms with Gasteiger partial charge in [-0.05, 0) is 6.42 Å². The van der Waals surface area contributed by atoms with Crippen LogP contribution in [0.5, 0.6) is 0 Å². The Morgan fingerprint density at radius 2 is 0.955 bits per heavy atom. The van der Waals surface area contributed by atoms with E-state index in [0.29, 0.717) is 0 Å². The van der Waals surface area contributed by atoms with Gasteiger partial charge in [0.15, 0.2) is 0 Å². The van der Waals surface area contributed by atoms with Gasteiger partial charge >= 0.3 is 8.80 Å². The highest BCUT2D eigenvalue weighted by Gasteiger charge is 2.40. The van der Waals surface area contributed by atoms with Crippen LogP contribution in [0.2, 0.25) is 6.04 Å². The molecule has 22 heavy (non-hydrogen) atoms. The van der Waals surface area contributed by atoms with E-state index in [1.54, 1.807) is 0 Å². The van der Waals surface area contributed by atoms with Gasteiger partial charge in [-0.15, -0.1) is 0 Å². The second-order valence-corrected chi connectivity index (χ2v) is 8.76. The van der Waals surface area contributed by atoms with Crippen LogP contribution in [0, 0.1) is 0 Å². The molecule has 3 nitrogen and oxygen atoms in total. The van der Waals surface area contributed by atoms with Gasteiger partial charge in [-0.25, -0.2) is 0 Å². The molecule has 0 fully saturated rings. The van der Waals surface area contributed by atoms with Gasteiger partial charge < -0.3 is 13.3 Å². The van der Waals surface area contributed by atoms with Crippen LogP contribution in [0.25, 0.3) is 0 Å². The van der Waals surface area contributed by atoms with Gasteiger partial charge in [-0.3, -0.25) is 0 Å². The molecule has 0 atom stereocenters. The predicted molar refractivity (Wildman–Crippen MR) is 97.8 cm³/mol. The molecule has 0 aromatic heterocycles. The van der Waals surface area contributed by atoms with Crippen LogP contribution in [0.3, 0.4) is 0 Å². The Hall–Kier alpha value is 0.967. The molecule has 0 spiro atoms. The molecular formula is C15H31Cl3O3Si. The molecule has 0 saturated heterocycles. The first kappa shape index (κ1) is 23.0. The van der Waals surface area contributed by atoms with Gasteiger partial charge in [0, 0.05) is 6.04 Å². The summed E-state index contributed by atoms with van der Waals surface area (Å²) in [6, 6.07) is 0.836. The Kier molecular flexibility index (Phi) is 17.6. The van der Waals surface area contributed by atoms with E-state index in [-0.39, 0.29) is 18.2 Å². The van der Waals surface area contributed by atoms with E-state index in [9.17, 15) is 0 Å². The van der Waals surface area contributed by atoms with Gasteiger partial charge in [-0.1, -0.05) is 99.5 Å². The molecule has 0 aromatic rings. The Bertz CT molecular complexity index is 219. The summed E-state index contributed by atoms with van der Waals surface area (Å²) in [6.07, 6.45) is 12.8. The molecule has 0 saturated carbocycles. The standard InChI is InChI=1S/C15H31Cl3O3Si/c1-2-3-4-5-6-7-8-9-10-11-12-22(19-13-16,20-14-17)21-15-18/h2-15H2,1H3. The van der Waals surface area contributed by atoms with Gasteiger partial charge in [0.2, 0.25) is 0 Å². The Labute approximate surface area is 152 Å². The lowest BCUT2D eigenvalue weighted by Gasteiger charge is -2.26. The summed E-state index contributed by atoms with van der Waals surface area (Å²) in [5.41, 5.74) is 0. The normalized spacial score (nSPS) is 12.0. The molecule has 0 aliphatic rings. The molecule has 0 amide bonds. The van der Waals surface area contributed by atoms with Crippen LogP contribution >= 0.6 is 34.8 Å². The second kappa shape index (κ2) is 16.8. The van der Waals surface area contributed by atoms with Crippen LogP contribution in [0.1, 0.15) is 71.1 Å². The van der Waals surface area contributed by atoms with E-state index in [4.69, 9.17) is 48.1 Å². The lowest BCUT2D eigenvalue weighted by Crippen LogP contribution is -2.45. The van der Waals surface area contributed by atoms with Gasteiger partial charge in [0.1, 0.15) is 18.2 Å². The molecule has 0 aliphatic carbocycles. The highest BCUT2D eigenvalue weighted by molar-refractivity contribution is 6.61. The van der Waals surface area contributed by atoms with Crippen molar-refractivity contribution in [1.82, 2.24) is 0 Å². The number of hydrogen-bond acceptors (Lipinski definition) is 3. The topological polar surface area (TPSA) is 27.7 Å². The minimum atomic E-state index is -2.78. The zero-order valence-electron chi connectivity index (χ0n) is 13.8. The van der Waals surface area contributed by atoms with Crippen molar-refractivity contribution in [3.05, 3.63) is 0 Å². The second-order valence-electron chi connectivity index (χ2n) is 5.38. The van der Waals surface area contributed by atoms with E-state index in [0.717, 1.165) is 18.9 Å². The Morgan fingerprint density at radius 3 is 1.32 bits per heavy atom. The van der Waals surface area contributed by atoms with Gasteiger partial charge in [-0.2, -0.15) is 0 Å². The molecule has 0 radical (unpaired) electrons. The quantitative estimate of drug-likeness (QED) is 0.161. The molecule has 0 aromatic carbocycles. The summed E-state index contributed by atoms with van der Waals surface area (Å²) < 4.78 is 16.5. The molecular weight excluding hydrogens is 363 g/mol. The van der Waals surface area contributed by atoms with Gasteiger partial charge in [0.05, 0.1) is 0 Å². The fourth-order valence-corrected chi connectivity index (χ4v) is 5.78. The smallest absolute Gasteiger partial charge is 0.359 e. The Balaban J connectivity index is 3.70. The van der Waals surface area contributed by atoms with Crippen LogP contribution in [-0.2, 0) is 13.3 Å². The SMILES string of the molecule is CCCCCCCCCCCC[Si](OCCl)(OCCl)OCCl. The average Bonchev–Trinajstić information content (AvgIpc) is 2.50. The maximum atomic E-state index is 5.66. The summed E-state index contributed by atoms with van der Waals surface area (Å²) in [6.45, 7) is 2.25. The third-order valence-electron chi connectivity index (χ3n) is 3.66. The van der Waals surface area contributed by atoms with Gasteiger partial charge in [0.25, 0.3) is 0 Å². The Morgan fingerprint density at radius 1 is 0.591 bits per heavy atom. The molecule has 134 valence electrons. The first-order valence-electron chi connectivity index (χ1n) is 8.34. The zero-order valence-corrected chi connectivity index (χ0v) is 17.0. The van der Waals surface area contributed by atoms with E-state index < -0.39 is 8.80 Å². The highest BCUT2D eigenvalue weighted by Crippen LogP contribution is 2.22. The van der Waals surface area contributed by atoms with Crippen molar-refractivity contribution in [1.29, 1.82) is 0 Å². The summed E-state index contributed by atoms with van der Waals surface area (Å²) >= 11 is 17.0. The lowest BCUT2D eigenvalue weighted by molar-refractivity contribution is 0.102. The molecule has 0 heterocycles. The largest absolute Gasteiger partial charge is 0.503 e. The first-order chi connectivity index (χ1) is 10.7. The maximum Gasteiger partial charge on any atom is 0.503 e. The lowest BCUT2D eigenvalue weighted by atomic mass is 10.1. The summed E-state index contributed by atoms with van der Waals surface area (Å²) in [7, 11) is -2.78. The average molecular weight is 394 g/mol. The molecule has 7 heteroatoms. The number of halogens is 3. The third-order valence-corrected chi connectivity index (χ3v) is 7.25. The van der Waals surface area contributed by atoms with Crippen molar-refractivity contribution < 1.29 is 13.3 Å². The first-order valence-corrected chi connectivity index (χ1v) is 11.9. The number of unbranched alkanes of at least 4 members (excludes halogenated alkanes) is 9. The van der Waals surface area contributed by atoms with E-state index in [2.05, 4.69) is 6.92 Å². The van der Waals surface area contributed by atoms with Crippen molar-refractivity contribution in [3.63, 3.8) is 0 Å². The van der Waals surface area contributed by atoms with E-state index in [1.165, 1.54) is 51.4 Å². The summed E-state index contributed by atoms with van der Waals surface area (Å²) in [4.78, 5) is 0. The molecule has 0 rings (SSSR count). The highest BCUT2D eigenvalue weighted by atomic mass is 35.5. The zero-order chi connectivity index (χ0) is 16.5. The van der Waals surface area contributed by atoms with Crippen LogP contribution in [0.4, 0.5) is 0 Å². The molecule has 0 N–H and O–H groups in total. The van der Waals surface area contributed by atoms with Crippen LogP contribution in [-0.4, -0.2) is 27.0 Å².